The molecule has 0 spiro atoms. The van der Waals surface area contributed by atoms with Gasteiger partial charge in [0, 0.05) is 6.07 Å². The molecule has 0 unspecified atom stereocenters. The highest BCUT2D eigenvalue weighted by Gasteiger charge is 2.26. The van der Waals surface area contributed by atoms with Crippen LogP contribution in [0.5, 0.6) is 11.5 Å². The lowest BCUT2D eigenvalue weighted by atomic mass is 10.1. The van der Waals surface area contributed by atoms with E-state index in [9.17, 15) is 13.6 Å². The smallest absolute Gasteiger partial charge is 0.264 e. The van der Waals surface area contributed by atoms with Gasteiger partial charge in [0.2, 0.25) is 0 Å². The SMILES string of the molecule is COc1cccc(C(=O)N(Cc2ccccc2)c2nc3c(F)cc(F)cc3s2)c1OC. The second-order valence-corrected chi connectivity index (χ2v) is 7.66. The van der Waals surface area contributed by atoms with Crippen LogP contribution >= 0.6 is 11.3 Å². The van der Waals surface area contributed by atoms with Gasteiger partial charge < -0.3 is 9.47 Å². The number of nitrogens with zero attached hydrogens (tertiary/aromatic N) is 2. The second kappa shape index (κ2) is 8.69. The Morgan fingerprint density at radius 2 is 1.81 bits per heavy atom. The fourth-order valence-corrected chi connectivity index (χ4v) is 4.26. The van der Waals surface area contributed by atoms with E-state index in [0.717, 1.165) is 23.0 Å². The Labute approximate surface area is 181 Å². The Hall–Kier alpha value is -3.52. The lowest BCUT2D eigenvalue weighted by molar-refractivity contribution is 0.0981. The van der Waals surface area contributed by atoms with E-state index in [1.165, 1.54) is 25.2 Å². The van der Waals surface area contributed by atoms with Gasteiger partial charge in [0.1, 0.15) is 11.3 Å². The summed E-state index contributed by atoms with van der Waals surface area (Å²) >= 11 is 1.04. The zero-order valence-electron chi connectivity index (χ0n) is 16.8. The fourth-order valence-electron chi connectivity index (χ4n) is 3.25. The van der Waals surface area contributed by atoms with Crippen LogP contribution in [0.2, 0.25) is 0 Å². The molecule has 158 valence electrons. The minimum atomic E-state index is -0.774. The Kier molecular flexibility index (Phi) is 5.81. The van der Waals surface area contributed by atoms with Crippen LogP contribution in [-0.2, 0) is 6.54 Å². The van der Waals surface area contributed by atoms with Gasteiger partial charge in [0.15, 0.2) is 22.4 Å². The maximum absolute atomic E-state index is 14.3. The Morgan fingerprint density at radius 1 is 1.03 bits per heavy atom. The number of carbonyl (C=O) groups is 1. The molecule has 4 rings (SSSR count). The third-order valence-corrected chi connectivity index (χ3v) is 5.72. The summed E-state index contributed by atoms with van der Waals surface area (Å²) in [7, 11) is 2.94. The van der Waals surface area contributed by atoms with Crippen LogP contribution in [0.25, 0.3) is 10.2 Å². The predicted molar refractivity (Wildman–Crippen MR) is 116 cm³/mol. The van der Waals surface area contributed by atoms with Gasteiger partial charge in [-0.3, -0.25) is 9.69 Å². The van der Waals surface area contributed by atoms with Crippen molar-refractivity contribution in [2.24, 2.45) is 0 Å². The number of benzene rings is 3. The quantitative estimate of drug-likeness (QED) is 0.401. The first kappa shape index (κ1) is 20.7. The van der Waals surface area contributed by atoms with Crippen LogP contribution < -0.4 is 14.4 Å². The van der Waals surface area contributed by atoms with Gasteiger partial charge in [-0.2, -0.15) is 0 Å². The minimum Gasteiger partial charge on any atom is -0.493 e. The second-order valence-electron chi connectivity index (χ2n) is 6.65. The Morgan fingerprint density at radius 3 is 2.52 bits per heavy atom. The standard InChI is InChI=1S/C23H18F2N2O3S/c1-29-18-10-6-9-16(21(18)30-2)22(28)27(13-14-7-4-3-5-8-14)23-26-20-17(25)11-15(24)12-19(20)31-23/h3-12H,13H2,1-2H3. The van der Waals surface area contributed by atoms with E-state index in [0.29, 0.717) is 10.4 Å². The lowest BCUT2D eigenvalue weighted by Crippen LogP contribution is -2.30. The first-order chi connectivity index (χ1) is 15.0. The largest absolute Gasteiger partial charge is 0.493 e. The molecule has 0 aliphatic carbocycles. The number of thiazole rings is 1. The molecule has 0 radical (unpaired) electrons. The van der Waals surface area contributed by atoms with Crippen molar-refractivity contribution in [3.05, 3.63) is 83.4 Å². The normalized spacial score (nSPS) is 10.8. The summed E-state index contributed by atoms with van der Waals surface area (Å²) in [6.07, 6.45) is 0. The molecular weight excluding hydrogens is 422 g/mol. The van der Waals surface area contributed by atoms with Gasteiger partial charge in [-0.25, -0.2) is 13.8 Å². The molecule has 0 bridgehead atoms. The van der Waals surface area contributed by atoms with Crippen LogP contribution in [0.15, 0.2) is 60.7 Å². The maximum Gasteiger partial charge on any atom is 0.264 e. The molecule has 0 atom stereocenters. The summed E-state index contributed by atoms with van der Waals surface area (Å²) in [6.45, 7) is 0.184. The average Bonchev–Trinajstić information content (AvgIpc) is 3.21. The monoisotopic (exact) mass is 440 g/mol. The van der Waals surface area contributed by atoms with Crippen molar-refractivity contribution < 1.29 is 23.0 Å². The molecule has 1 aromatic heterocycles. The van der Waals surface area contributed by atoms with Crippen LogP contribution in [0.1, 0.15) is 15.9 Å². The predicted octanol–water partition coefficient (Wildman–Crippen LogP) is 5.44. The number of amides is 1. The number of hydrogen-bond acceptors (Lipinski definition) is 5. The topological polar surface area (TPSA) is 51.7 Å². The summed E-state index contributed by atoms with van der Waals surface area (Å²) < 4.78 is 39.0. The van der Waals surface area contributed by atoms with Crippen LogP contribution in [-0.4, -0.2) is 25.1 Å². The molecule has 0 saturated carbocycles. The van der Waals surface area contributed by atoms with Crippen LogP contribution in [0.3, 0.4) is 0 Å². The molecule has 0 N–H and O–H groups in total. The number of fused-ring (bicyclic) bond motifs is 1. The zero-order valence-corrected chi connectivity index (χ0v) is 17.6. The molecular formula is C23H18F2N2O3S. The third-order valence-electron chi connectivity index (χ3n) is 4.69. The number of methoxy groups -OCH3 is 2. The Bertz CT molecular complexity index is 1240. The van der Waals surface area contributed by atoms with Crippen molar-refractivity contribution >= 4 is 32.6 Å². The number of anilines is 1. The van der Waals surface area contributed by atoms with Crippen molar-refractivity contribution in [2.45, 2.75) is 6.54 Å². The van der Waals surface area contributed by atoms with Gasteiger partial charge in [-0.15, -0.1) is 0 Å². The van der Waals surface area contributed by atoms with Crippen molar-refractivity contribution in [1.29, 1.82) is 0 Å². The number of hydrogen-bond donors (Lipinski definition) is 0. The summed E-state index contributed by atoms with van der Waals surface area (Å²) in [5.41, 5.74) is 1.14. The van der Waals surface area contributed by atoms with Gasteiger partial charge in [-0.1, -0.05) is 47.7 Å². The average molecular weight is 440 g/mol. The fraction of sp³-hybridized carbons (Fsp3) is 0.130. The summed E-state index contributed by atoms with van der Waals surface area (Å²) in [4.78, 5) is 19.3. The van der Waals surface area contributed by atoms with Crippen LogP contribution in [0.4, 0.5) is 13.9 Å². The Balaban J connectivity index is 1.84. The summed E-state index contributed by atoms with van der Waals surface area (Å²) in [5.74, 6) is -1.18. The number of halogens is 2. The van der Waals surface area contributed by atoms with Crippen molar-refractivity contribution in [3.8, 4) is 11.5 Å². The van der Waals surface area contributed by atoms with Gasteiger partial charge in [0.25, 0.3) is 5.91 Å². The van der Waals surface area contributed by atoms with E-state index in [-0.39, 0.29) is 28.5 Å². The maximum atomic E-state index is 14.3. The van der Waals surface area contributed by atoms with Crippen molar-refractivity contribution in [2.75, 3.05) is 19.1 Å². The number of aromatic nitrogens is 1. The molecule has 3 aromatic carbocycles. The molecule has 0 aliphatic heterocycles. The van der Waals surface area contributed by atoms with Gasteiger partial charge in [-0.05, 0) is 23.8 Å². The highest BCUT2D eigenvalue weighted by atomic mass is 32.1. The summed E-state index contributed by atoms with van der Waals surface area (Å²) in [5, 5.41) is 0.248. The van der Waals surface area contributed by atoms with E-state index in [1.807, 2.05) is 30.3 Å². The molecule has 4 aromatic rings. The van der Waals surface area contributed by atoms with Gasteiger partial charge >= 0.3 is 0 Å². The minimum absolute atomic E-state index is 0.0184. The van der Waals surface area contributed by atoms with E-state index in [2.05, 4.69) is 4.98 Å². The van der Waals surface area contributed by atoms with Crippen molar-refractivity contribution in [3.63, 3.8) is 0 Å². The lowest BCUT2D eigenvalue weighted by Gasteiger charge is -2.22. The number of carbonyl (C=O) groups excluding carboxylic acids is 1. The third kappa shape index (κ3) is 4.06. The number of rotatable bonds is 6. The van der Waals surface area contributed by atoms with E-state index < -0.39 is 17.5 Å². The molecule has 1 heterocycles. The first-order valence-corrected chi connectivity index (χ1v) is 10.2. The number of ether oxygens (including phenoxy) is 2. The van der Waals surface area contributed by atoms with E-state index in [4.69, 9.17) is 9.47 Å². The molecule has 8 heteroatoms. The molecule has 0 fully saturated rings. The molecule has 1 amide bonds. The van der Waals surface area contributed by atoms with E-state index >= 15 is 0 Å². The molecule has 0 saturated heterocycles. The molecule has 31 heavy (non-hydrogen) atoms. The first-order valence-electron chi connectivity index (χ1n) is 9.34. The zero-order chi connectivity index (χ0) is 22.0. The van der Waals surface area contributed by atoms with Crippen LogP contribution in [0, 0.1) is 11.6 Å². The number of para-hydroxylation sites is 1. The highest BCUT2D eigenvalue weighted by molar-refractivity contribution is 7.22. The van der Waals surface area contributed by atoms with Gasteiger partial charge in [0.05, 0.1) is 31.0 Å². The molecule has 0 aliphatic rings. The summed E-state index contributed by atoms with van der Waals surface area (Å²) in [6, 6.07) is 16.3. The molecule has 5 nitrogen and oxygen atoms in total. The van der Waals surface area contributed by atoms with Crippen molar-refractivity contribution in [1.82, 2.24) is 4.98 Å². The van der Waals surface area contributed by atoms with E-state index in [1.54, 1.807) is 18.2 Å². The highest BCUT2D eigenvalue weighted by Crippen LogP contribution is 2.36.